The third-order valence-electron chi connectivity index (χ3n) is 3.29. The minimum atomic E-state index is 0.476. The Bertz CT molecular complexity index is 442. The fourth-order valence-electron chi connectivity index (χ4n) is 2.29. The number of benzene rings is 1. The van der Waals surface area contributed by atoms with Crippen LogP contribution in [0.25, 0.3) is 0 Å². The van der Waals surface area contributed by atoms with E-state index in [1.165, 1.54) is 25.0 Å². The molecule has 2 nitrogen and oxygen atoms in total. The van der Waals surface area contributed by atoms with Crippen molar-refractivity contribution in [2.24, 2.45) is 5.73 Å². The van der Waals surface area contributed by atoms with E-state index in [0.29, 0.717) is 10.2 Å². The lowest BCUT2D eigenvalue weighted by Crippen LogP contribution is -2.22. The first kappa shape index (κ1) is 15.0. The summed E-state index contributed by atoms with van der Waals surface area (Å²) in [4.78, 5) is 1.62. The van der Waals surface area contributed by atoms with E-state index < -0.39 is 0 Å². The summed E-state index contributed by atoms with van der Waals surface area (Å²) in [5, 5.41) is 4.25. The molecule has 1 fully saturated rings. The molecule has 1 aliphatic heterocycles. The van der Waals surface area contributed by atoms with Crippen LogP contribution in [0.5, 0.6) is 0 Å². The number of nitrogens with two attached hydrogens (primary N) is 1. The van der Waals surface area contributed by atoms with Crippen LogP contribution in [0.4, 0.5) is 5.69 Å². The van der Waals surface area contributed by atoms with Crippen LogP contribution in [-0.4, -0.2) is 28.8 Å². The van der Waals surface area contributed by atoms with Gasteiger partial charge in [0.15, 0.2) is 0 Å². The third-order valence-corrected chi connectivity index (χ3v) is 5.67. The van der Waals surface area contributed by atoms with Gasteiger partial charge in [0.2, 0.25) is 0 Å². The second kappa shape index (κ2) is 7.41. The molecule has 0 aliphatic carbocycles. The number of nitrogens with one attached hydrogen (secondary N) is 1. The average molecular weight is 313 g/mol. The molecular formula is C14H20N2S3. The van der Waals surface area contributed by atoms with E-state index >= 15 is 0 Å². The van der Waals surface area contributed by atoms with Crippen molar-refractivity contribution >= 4 is 46.4 Å². The molecule has 1 aliphatic rings. The summed E-state index contributed by atoms with van der Waals surface area (Å²) < 4.78 is 0. The highest BCUT2D eigenvalue weighted by Gasteiger charge is 2.15. The summed E-state index contributed by atoms with van der Waals surface area (Å²) in [6, 6.07) is 6.20. The van der Waals surface area contributed by atoms with Crippen LogP contribution in [0.15, 0.2) is 23.1 Å². The highest BCUT2D eigenvalue weighted by atomic mass is 32.2. The number of hydrogen-bond donors (Lipinski definition) is 2. The molecule has 1 atom stereocenters. The van der Waals surface area contributed by atoms with Crippen molar-refractivity contribution in [2.45, 2.75) is 29.4 Å². The molecule has 3 N–H and O–H groups in total. The first-order chi connectivity index (χ1) is 9.22. The highest BCUT2D eigenvalue weighted by Crippen LogP contribution is 2.29. The molecule has 0 spiro atoms. The summed E-state index contributed by atoms with van der Waals surface area (Å²) in [6.07, 6.45) is 6.08. The van der Waals surface area contributed by atoms with Gasteiger partial charge in [0, 0.05) is 27.9 Å². The van der Waals surface area contributed by atoms with Crippen molar-refractivity contribution in [1.82, 2.24) is 0 Å². The van der Waals surface area contributed by atoms with E-state index in [1.54, 1.807) is 11.8 Å². The number of thioether (sulfide) groups is 2. The zero-order chi connectivity index (χ0) is 13.7. The van der Waals surface area contributed by atoms with Gasteiger partial charge < -0.3 is 11.1 Å². The predicted octanol–water partition coefficient (Wildman–Crippen LogP) is 3.74. The Morgan fingerprint density at radius 1 is 1.53 bits per heavy atom. The van der Waals surface area contributed by atoms with Crippen molar-refractivity contribution in [2.75, 3.05) is 23.9 Å². The molecule has 1 heterocycles. The zero-order valence-corrected chi connectivity index (χ0v) is 13.6. The maximum atomic E-state index is 5.87. The molecular weight excluding hydrogens is 292 g/mol. The van der Waals surface area contributed by atoms with Crippen LogP contribution >= 0.6 is 35.7 Å². The van der Waals surface area contributed by atoms with Gasteiger partial charge in [-0.25, -0.2) is 0 Å². The van der Waals surface area contributed by atoms with E-state index in [0.717, 1.165) is 22.7 Å². The molecule has 19 heavy (non-hydrogen) atoms. The van der Waals surface area contributed by atoms with Gasteiger partial charge in [-0.05, 0) is 37.0 Å². The lowest BCUT2D eigenvalue weighted by atomic mass is 10.1. The van der Waals surface area contributed by atoms with Gasteiger partial charge in [0.1, 0.15) is 4.99 Å². The Morgan fingerprint density at radius 3 is 3.00 bits per heavy atom. The van der Waals surface area contributed by atoms with E-state index in [4.69, 9.17) is 18.0 Å². The molecule has 0 aromatic heterocycles. The largest absolute Gasteiger partial charge is 0.389 e. The molecule has 1 aromatic carbocycles. The SMILES string of the molecule is CSc1cccc(NCC2CCCCS2)c1C(N)=S. The van der Waals surface area contributed by atoms with Crippen molar-refractivity contribution in [3.8, 4) is 0 Å². The third kappa shape index (κ3) is 4.04. The zero-order valence-electron chi connectivity index (χ0n) is 11.1. The topological polar surface area (TPSA) is 38.0 Å². The van der Waals surface area contributed by atoms with Crippen molar-refractivity contribution in [3.05, 3.63) is 23.8 Å². The van der Waals surface area contributed by atoms with Gasteiger partial charge >= 0.3 is 0 Å². The number of thiocarbonyl (C=S) groups is 1. The van der Waals surface area contributed by atoms with Crippen LogP contribution in [0, 0.1) is 0 Å². The Kier molecular flexibility index (Phi) is 5.85. The fourth-order valence-corrected chi connectivity index (χ4v) is 4.46. The number of rotatable bonds is 5. The van der Waals surface area contributed by atoms with Gasteiger partial charge in [-0.1, -0.05) is 24.7 Å². The quantitative estimate of drug-likeness (QED) is 0.640. The molecule has 1 unspecified atom stereocenters. The lowest BCUT2D eigenvalue weighted by Gasteiger charge is -2.23. The molecule has 0 saturated carbocycles. The number of anilines is 1. The summed E-state index contributed by atoms with van der Waals surface area (Å²) in [6.45, 7) is 0.998. The molecule has 1 aromatic rings. The van der Waals surface area contributed by atoms with Crippen LogP contribution in [0.1, 0.15) is 24.8 Å². The minimum Gasteiger partial charge on any atom is -0.389 e. The Morgan fingerprint density at radius 2 is 2.37 bits per heavy atom. The van der Waals surface area contributed by atoms with Gasteiger partial charge in [0.25, 0.3) is 0 Å². The van der Waals surface area contributed by atoms with Gasteiger partial charge in [-0.3, -0.25) is 0 Å². The molecule has 0 amide bonds. The standard InChI is InChI=1S/C14H20N2S3/c1-18-12-7-4-6-11(13(12)14(15)17)16-9-10-5-2-3-8-19-10/h4,6-7,10,16H,2-3,5,8-9H2,1H3,(H2,15,17). The molecule has 0 bridgehead atoms. The molecule has 1 saturated heterocycles. The maximum absolute atomic E-state index is 5.87. The Balaban J connectivity index is 2.08. The predicted molar refractivity (Wildman–Crippen MR) is 92.7 cm³/mol. The smallest absolute Gasteiger partial charge is 0.107 e. The molecule has 2 rings (SSSR count). The monoisotopic (exact) mass is 312 g/mol. The summed E-state index contributed by atoms with van der Waals surface area (Å²) in [7, 11) is 0. The van der Waals surface area contributed by atoms with Crippen molar-refractivity contribution in [1.29, 1.82) is 0 Å². The Labute approximate surface area is 129 Å². The first-order valence-electron chi connectivity index (χ1n) is 6.54. The van der Waals surface area contributed by atoms with Crippen molar-refractivity contribution < 1.29 is 0 Å². The van der Waals surface area contributed by atoms with E-state index in [9.17, 15) is 0 Å². The summed E-state index contributed by atoms with van der Waals surface area (Å²) >= 11 is 8.95. The molecule has 0 radical (unpaired) electrons. The van der Waals surface area contributed by atoms with Gasteiger partial charge in [-0.15, -0.1) is 11.8 Å². The maximum Gasteiger partial charge on any atom is 0.107 e. The van der Waals surface area contributed by atoms with Crippen molar-refractivity contribution in [3.63, 3.8) is 0 Å². The highest BCUT2D eigenvalue weighted by molar-refractivity contribution is 8.00. The van der Waals surface area contributed by atoms with Gasteiger partial charge in [0.05, 0.1) is 0 Å². The summed E-state index contributed by atoms with van der Waals surface area (Å²) in [5.74, 6) is 1.29. The van der Waals surface area contributed by atoms with Crippen LogP contribution in [-0.2, 0) is 0 Å². The van der Waals surface area contributed by atoms with Gasteiger partial charge in [-0.2, -0.15) is 11.8 Å². The van der Waals surface area contributed by atoms with E-state index in [1.807, 2.05) is 0 Å². The Hall–Kier alpha value is -0.390. The minimum absolute atomic E-state index is 0.476. The molecule has 104 valence electrons. The fraction of sp³-hybridized carbons (Fsp3) is 0.500. The van der Waals surface area contributed by atoms with E-state index in [-0.39, 0.29) is 0 Å². The molecule has 5 heteroatoms. The summed E-state index contributed by atoms with van der Waals surface area (Å²) in [5.41, 5.74) is 7.94. The van der Waals surface area contributed by atoms with Crippen LogP contribution in [0.2, 0.25) is 0 Å². The van der Waals surface area contributed by atoms with Crippen LogP contribution in [0.3, 0.4) is 0 Å². The second-order valence-electron chi connectivity index (χ2n) is 4.62. The normalized spacial score (nSPS) is 19.1. The van der Waals surface area contributed by atoms with Crippen LogP contribution < -0.4 is 11.1 Å². The van der Waals surface area contributed by atoms with E-state index in [2.05, 4.69) is 41.5 Å². The lowest BCUT2D eigenvalue weighted by molar-refractivity contribution is 0.677. The number of hydrogen-bond acceptors (Lipinski definition) is 4. The second-order valence-corrected chi connectivity index (χ2v) is 7.31. The first-order valence-corrected chi connectivity index (χ1v) is 9.23. The average Bonchev–Trinajstić information content (AvgIpc) is 2.45.